The molecule has 1 aliphatic heterocycles. The molecule has 0 radical (unpaired) electrons. The molecular weight excluding hydrogens is 467 g/mol. The highest BCUT2D eigenvalue weighted by molar-refractivity contribution is 7.89. The van der Waals surface area contributed by atoms with Gasteiger partial charge in [-0.05, 0) is 80.4 Å². The molecule has 1 aromatic carbocycles. The normalized spacial score (nSPS) is 34.9. The van der Waals surface area contributed by atoms with Crippen LogP contribution in [-0.4, -0.2) is 37.3 Å². The molecule has 4 unspecified atom stereocenters. The van der Waals surface area contributed by atoms with Crippen LogP contribution >= 0.6 is 23.2 Å². The number of rotatable bonds is 5. The molecule has 1 aromatic rings. The lowest BCUT2D eigenvalue weighted by Crippen LogP contribution is -2.50. The summed E-state index contributed by atoms with van der Waals surface area (Å²) in [5.41, 5.74) is -0.00693. The van der Waals surface area contributed by atoms with Gasteiger partial charge in [-0.15, -0.1) is 0 Å². The quantitative estimate of drug-likeness (QED) is 0.601. The molecular formula is C24H32Cl2N2O3S. The molecule has 1 N–H and O–H groups in total. The van der Waals surface area contributed by atoms with Crippen LogP contribution in [0.2, 0.25) is 10.0 Å². The van der Waals surface area contributed by atoms with Gasteiger partial charge in [-0.1, -0.05) is 42.5 Å². The van der Waals surface area contributed by atoms with Crippen molar-refractivity contribution in [2.45, 2.75) is 74.6 Å². The van der Waals surface area contributed by atoms with Gasteiger partial charge in [0.05, 0.1) is 5.02 Å². The van der Waals surface area contributed by atoms with Crippen molar-refractivity contribution < 1.29 is 13.2 Å². The van der Waals surface area contributed by atoms with Crippen LogP contribution < -0.4 is 5.32 Å². The zero-order valence-electron chi connectivity index (χ0n) is 18.4. The van der Waals surface area contributed by atoms with Gasteiger partial charge in [-0.2, -0.15) is 4.31 Å². The molecule has 8 heteroatoms. The van der Waals surface area contributed by atoms with Gasteiger partial charge in [0.2, 0.25) is 15.9 Å². The van der Waals surface area contributed by atoms with Crippen molar-refractivity contribution in [1.29, 1.82) is 0 Å². The predicted octanol–water partition coefficient (Wildman–Crippen LogP) is 5.26. The number of benzene rings is 1. The van der Waals surface area contributed by atoms with Crippen LogP contribution in [-0.2, 0) is 14.8 Å². The number of carbonyl (C=O) groups is 1. The number of sulfonamides is 1. The van der Waals surface area contributed by atoms with Crippen LogP contribution in [0.5, 0.6) is 0 Å². The maximum absolute atomic E-state index is 13.2. The Morgan fingerprint density at radius 2 is 1.91 bits per heavy atom. The number of nitrogens with zero attached hydrogens (tertiary/aromatic N) is 1. The average molecular weight is 500 g/mol. The van der Waals surface area contributed by atoms with E-state index >= 15 is 0 Å². The zero-order valence-corrected chi connectivity index (χ0v) is 20.7. The number of halogens is 2. The number of piperidine rings is 1. The van der Waals surface area contributed by atoms with E-state index in [9.17, 15) is 13.2 Å². The minimum absolute atomic E-state index is 0.00693. The lowest BCUT2D eigenvalue weighted by atomic mass is 9.75. The molecule has 4 fully saturated rings. The number of hydrogen-bond acceptors (Lipinski definition) is 3. The van der Waals surface area contributed by atoms with E-state index in [2.05, 4.69) is 5.32 Å². The van der Waals surface area contributed by atoms with E-state index in [1.165, 1.54) is 42.1 Å². The maximum atomic E-state index is 13.2. The third kappa shape index (κ3) is 4.45. The first-order valence-corrected chi connectivity index (χ1v) is 14.2. The highest BCUT2D eigenvalue weighted by Gasteiger charge is 2.52. The van der Waals surface area contributed by atoms with E-state index in [4.69, 9.17) is 23.2 Å². The topological polar surface area (TPSA) is 66.5 Å². The van der Waals surface area contributed by atoms with E-state index in [1.807, 2.05) is 0 Å². The molecule has 3 saturated carbocycles. The Morgan fingerprint density at radius 3 is 2.72 bits per heavy atom. The summed E-state index contributed by atoms with van der Waals surface area (Å²) in [7, 11) is -3.71. The number of hydrogen-bond donors (Lipinski definition) is 1. The van der Waals surface area contributed by atoms with Crippen LogP contribution in [0.1, 0.15) is 64.2 Å². The van der Waals surface area contributed by atoms with Crippen molar-refractivity contribution in [3.63, 3.8) is 0 Å². The third-order valence-electron chi connectivity index (χ3n) is 8.35. The first-order chi connectivity index (χ1) is 15.2. The molecule has 3 bridgehead atoms. The molecule has 5 nitrogen and oxygen atoms in total. The third-order valence-corrected chi connectivity index (χ3v) is 10.9. The van der Waals surface area contributed by atoms with Gasteiger partial charge in [0.25, 0.3) is 0 Å². The van der Waals surface area contributed by atoms with Crippen molar-refractivity contribution in [2.75, 3.05) is 13.1 Å². The van der Waals surface area contributed by atoms with Gasteiger partial charge < -0.3 is 5.32 Å². The smallest absolute Gasteiger partial charge is 0.244 e. The Bertz CT molecular complexity index is 997. The molecule has 1 saturated heterocycles. The van der Waals surface area contributed by atoms with Gasteiger partial charge in [0.15, 0.2) is 0 Å². The number of amides is 1. The van der Waals surface area contributed by atoms with E-state index in [-0.39, 0.29) is 27.3 Å². The van der Waals surface area contributed by atoms with Crippen LogP contribution in [0, 0.1) is 23.7 Å². The van der Waals surface area contributed by atoms with E-state index in [0.717, 1.165) is 49.9 Å². The molecule has 5 rings (SSSR count). The fraction of sp³-hybridized carbons (Fsp3) is 0.708. The van der Waals surface area contributed by atoms with Crippen molar-refractivity contribution in [3.05, 3.63) is 28.2 Å². The van der Waals surface area contributed by atoms with Crippen molar-refractivity contribution in [2.24, 2.45) is 23.7 Å². The first kappa shape index (κ1) is 22.9. The lowest BCUT2D eigenvalue weighted by Gasteiger charge is -2.39. The van der Waals surface area contributed by atoms with Crippen molar-refractivity contribution in [1.82, 2.24) is 9.62 Å². The maximum Gasteiger partial charge on any atom is 0.244 e. The lowest BCUT2D eigenvalue weighted by molar-refractivity contribution is -0.124. The monoisotopic (exact) mass is 498 g/mol. The number of nitrogens with one attached hydrogen (secondary N) is 1. The molecule has 1 heterocycles. The summed E-state index contributed by atoms with van der Waals surface area (Å²) >= 11 is 12.1. The Morgan fingerprint density at radius 1 is 1.09 bits per heavy atom. The van der Waals surface area contributed by atoms with E-state index in [0.29, 0.717) is 24.5 Å². The van der Waals surface area contributed by atoms with Gasteiger partial charge in [0, 0.05) is 30.1 Å². The summed E-state index contributed by atoms with van der Waals surface area (Å²) in [5.74, 6) is 2.46. The number of carbonyl (C=O) groups excluding carboxylic acids is 1. The molecule has 4 aliphatic rings. The fourth-order valence-corrected chi connectivity index (χ4v) is 9.45. The Kier molecular flexibility index (Phi) is 6.28. The summed E-state index contributed by atoms with van der Waals surface area (Å²) in [5, 5.41) is 4.00. The summed E-state index contributed by atoms with van der Waals surface area (Å²) in [6.45, 7) is 0.809. The van der Waals surface area contributed by atoms with Gasteiger partial charge >= 0.3 is 0 Å². The summed E-state index contributed by atoms with van der Waals surface area (Å²) < 4.78 is 27.8. The SMILES string of the molecule is O=C(CC1CCCN(S(=O)(=O)c2ccc(Cl)cc2Cl)C1)NC12CC3CCC[C@@H](C1)C(C3)C2. The predicted molar refractivity (Wildman–Crippen MR) is 126 cm³/mol. The molecule has 32 heavy (non-hydrogen) atoms. The average Bonchev–Trinajstić information content (AvgIpc) is 2.87. The zero-order chi connectivity index (χ0) is 22.5. The first-order valence-electron chi connectivity index (χ1n) is 12.0. The molecule has 0 aromatic heterocycles. The van der Waals surface area contributed by atoms with E-state index < -0.39 is 10.0 Å². The second-order valence-corrected chi connectivity index (χ2v) is 13.4. The Hall–Kier alpha value is -0.820. The summed E-state index contributed by atoms with van der Waals surface area (Å²) in [6.07, 6.45) is 10.8. The van der Waals surface area contributed by atoms with Gasteiger partial charge in [-0.25, -0.2) is 8.42 Å². The standard InChI is InChI=1S/C24H32Cl2N2O3S/c25-20-6-7-22(21(26)11-20)32(30,31)28-8-2-4-17(15-28)10-23(29)27-24-12-16-3-1-5-18(13-24)19(9-16)14-24/h6-7,11,16-19H,1-5,8-10,12-15H2,(H,27,29)/t16?,17?,18-,19?,24?/m0/s1. The molecule has 176 valence electrons. The number of fused-ring (bicyclic) bond motifs is 2. The van der Waals surface area contributed by atoms with Gasteiger partial charge in [0.1, 0.15) is 4.90 Å². The molecule has 5 atom stereocenters. The minimum atomic E-state index is -3.71. The summed E-state index contributed by atoms with van der Waals surface area (Å²) in [6, 6.07) is 4.47. The van der Waals surface area contributed by atoms with Crippen LogP contribution in [0.15, 0.2) is 23.1 Å². The van der Waals surface area contributed by atoms with Crippen LogP contribution in [0.25, 0.3) is 0 Å². The van der Waals surface area contributed by atoms with Crippen LogP contribution in [0.4, 0.5) is 0 Å². The second-order valence-electron chi connectivity index (χ2n) is 10.6. The van der Waals surface area contributed by atoms with Crippen LogP contribution in [0.3, 0.4) is 0 Å². The molecule has 0 spiro atoms. The largest absolute Gasteiger partial charge is 0.351 e. The highest BCUT2D eigenvalue weighted by atomic mass is 35.5. The molecule has 1 amide bonds. The fourth-order valence-electron chi connectivity index (χ4n) is 7.15. The summed E-state index contributed by atoms with van der Waals surface area (Å²) in [4.78, 5) is 13.2. The van der Waals surface area contributed by atoms with Gasteiger partial charge in [-0.3, -0.25) is 4.79 Å². The Balaban J connectivity index is 1.23. The van der Waals surface area contributed by atoms with E-state index in [1.54, 1.807) is 6.07 Å². The minimum Gasteiger partial charge on any atom is -0.351 e. The van der Waals surface area contributed by atoms with Crippen molar-refractivity contribution >= 4 is 39.1 Å². The highest BCUT2D eigenvalue weighted by Crippen LogP contribution is 2.55. The van der Waals surface area contributed by atoms with Crippen molar-refractivity contribution in [3.8, 4) is 0 Å². The second kappa shape index (κ2) is 8.75. The molecule has 3 aliphatic carbocycles. The Labute approximate surface area is 201 Å².